The van der Waals surface area contributed by atoms with Gasteiger partial charge in [0.15, 0.2) is 0 Å². The third-order valence-corrected chi connectivity index (χ3v) is 4.08. The minimum absolute atomic E-state index is 0.0198. The molecule has 0 saturated heterocycles. The van der Waals surface area contributed by atoms with Crippen molar-refractivity contribution in [3.05, 3.63) is 58.6 Å². The minimum Gasteiger partial charge on any atom is -0.484 e. The Balaban J connectivity index is 1.64. The van der Waals surface area contributed by atoms with Crippen LogP contribution in [0.4, 0.5) is 5.69 Å². The first-order chi connectivity index (χ1) is 13.4. The Hall–Kier alpha value is -3.30. The van der Waals surface area contributed by atoms with Gasteiger partial charge in [-0.15, -0.1) is 0 Å². The minimum atomic E-state index is -1.17. The van der Waals surface area contributed by atoms with Crippen molar-refractivity contribution in [1.82, 2.24) is 4.90 Å². The van der Waals surface area contributed by atoms with Gasteiger partial charge in [-0.05, 0) is 30.3 Å². The average Bonchev–Trinajstić information content (AvgIpc) is 3.22. The van der Waals surface area contributed by atoms with Crippen molar-refractivity contribution in [1.29, 1.82) is 0 Å². The summed E-state index contributed by atoms with van der Waals surface area (Å²) in [7, 11) is 0. The molecule has 9 nitrogen and oxygen atoms in total. The number of aromatic carboxylic acids is 1. The Kier molecular flexibility index (Phi) is 5.67. The van der Waals surface area contributed by atoms with Gasteiger partial charge in [0.25, 0.3) is 11.8 Å². The number of carbonyl (C=O) groups excluding carboxylic acids is 2. The first-order valence-corrected chi connectivity index (χ1v) is 8.46. The Bertz CT molecular complexity index is 967. The van der Waals surface area contributed by atoms with E-state index in [-0.39, 0.29) is 36.2 Å². The quantitative estimate of drug-likeness (QED) is 0.566. The molecule has 0 fully saturated rings. The highest BCUT2D eigenvalue weighted by Gasteiger charge is 2.30. The van der Waals surface area contributed by atoms with E-state index in [4.69, 9.17) is 31.0 Å². The molecule has 0 unspecified atom stereocenters. The van der Waals surface area contributed by atoms with E-state index in [1.807, 2.05) is 0 Å². The number of aliphatic hydroxyl groups is 1. The molecular weight excluding hydrogens is 392 g/mol. The molecule has 146 valence electrons. The topological polar surface area (TPSA) is 129 Å². The molecule has 3 rings (SSSR count). The van der Waals surface area contributed by atoms with Gasteiger partial charge in [0, 0.05) is 11.8 Å². The van der Waals surface area contributed by atoms with Gasteiger partial charge in [0.2, 0.25) is 5.76 Å². The highest BCUT2D eigenvalue weighted by Crippen LogP contribution is 2.29. The van der Waals surface area contributed by atoms with Crippen molar-refractivity contribution in [3.8, 4) is 5.75 Å². The number of nitrogens with zero attached hydrogens (tertiary/aromatic N) is 1. The number of carbonyl (C=O) groups is 3. The number of nitrogens with one attached hydrogen (secondary N) is 1. The summed E-state index contributed by atoms with van der Waals surface area (Å²) in [5, 5.41) is 20.8. The Morgan fingerprint density at radius 2 is 2.04 bits per heavy atom. The van der Waals surface area contributed by atoms with E-state index < -0.39 is 17.8 Å². The van der Waals surface area contributed by atoms with Gasteiger partial charge in [0.05, 0.1) is 18.2 Å². The molecule has 1 aromatic heterocycles. The molecule has 28 heavy (non-hydrogen) atoms. The maximum atomic E-state index is 12.1. The van der Waals surface area contributed by atoms with Crippen LogP contribution in [0.3, 0.4) is 0 Å². The number of rotatable bonds is 8. The first kappa shape index (κ1) is 19.5. The number of furan rings is 1. The Labute approximate surface area is 163 Å². The van der Waals surface area contributed by atoms with Crippen molar-refractivity contribution >= 4 is 35.1 Å². The fourth-order valence-electron chi connectivity index (χ4n) is 2.48. The molecule has 1 aromatic carbocycles. The molecule has 0 spiro atoms. The van der Waals surface area contributed by atoms with Crippen LogP contribution in [0.5, 0.6) is 5.75 Å². The van der Waals surface area contributed by atoms with Gasteiger partial charge in [-0.1, -0.05) is 11.6 Å². The summed E-state index contributed by atoms with van der Waals surface area (Å²) in [6.07, 6.45) is 1.15. The SMILES string of the molecule is O=C(O)c1ccc(COc2ccc(NC3=CC(=O)N(CCO)C3=O)cc2Cl)o1. The number of carboxylic acid groups (broad SMARTS) is 1. The van der Waals surface area contributed by atoms with E-state index in [9.17, 15) is 14.4 Å². The molecule has 1 aliphatic heterocycles. The standard InChI is InChI=1S/C18H15ClN2O7/c19-12-7-10(20-13-8-16(23)21(5-6-22)17(13)24)1-3-14(12)27-9-11-2-4-15(28-11)18(25)26/h1-4,7-8,20,22H,5-6,9H2,(H,25,26). The molecule has 2 aromatic rings. The number of carboxylic acids is 1. The van der Waals surface area contributed by atoms with Gasteiger partial charge in [-0.2, -0.15) is 0 Å². The molecule has 2 heterocycles. The molecule has 2 amide bonds. The van der Waals surface area contributed by atoms with E-state index in [1.165, 1.54) is 18.2 Å². The molecule has 0 aliphatic carbocycles. The summed E-state index contributed by atoms with van der Waals surface area (Å²) >= 11 is 6.18. The molecule has 0 atom stereocenters. The van der Waals surface area contributed by atoms with Crippen molar-refractivity contribution < 1.29 is 33.8 Å². The van der Waals surface area contributed by atoms with Crippen LogP contribution in [0.2, 0.25) is 5.02 Å². The lowest BCUT2D eigenvalue weighted by Crippen LogP contribution is -2.34. The maximum Gasteiger partial charge on any atom is 0.371 e. The Morgan fingerprint density at radius 1 is 1.25 bits per heavy atom. The molecule has 1 aliphatic rings. The second-order valence-electron chi connectivity index (χ2n) is 5.71. The lowest BCUT2D eigenvalue weighted by Gasteiger charge is -2.14. The molecule has 0 saturated carbocycles. The van der Waals surface area contributed by atoms with Crippen LogP contribution in [0.15, 0.2) is 46.5 Å². The van der Waals surface area contributed by atoms with Crippen LogP contribution < -0.4 is 10.1 Å². The molecule has 0 radical (unpaired) electrons. The van der Waals surface area contributed by atoms with Crippen LogP contribution in [0, 0.1) is 0 Å². The van der Waals surface area contributed by atoms with Crippen molar-refractivity contribution in [2.45, 2.75) is 6.61 Å². The summed E-state index contributed by atoms with van der Waals surface area (Å²) in [5.74, 6) is -1.77. The number of anilines is 1. The van der Waals surface area contributed by atoms with Gasteiger partial charge >= 0.3 is 5.97 Å². The number of β-amino-alcohol motifs (C(OH)–C–C–N with tert-alkyl or cyclic N) is 1. The second kappa shape index (κ2) is 8.15. The zero-order valence-electron chi connectivity index (χ0n) is 14.3. The zero-order valence-corrected chi connectivity index (χ0v) is 15.1. The van der Waals surface area contributed by atoms with Gasteiger partial charge in [0.1, 0.15) is 23.8 Å². The monoisotopic (exact) mass is 406 g/mol. The molecule has 10 heteroatoms. The van der Waals surface area contributed by atoms with Gasteiger partial charge in [-0.25, -0.2) is 4.79 Å². The fraction of sp³-hybridized carbons (Fsp3) is 0.167. The Morgan fingerprint density at radius 3 is 2.68 bits per heavy atom. The van der Waals surface area contributed by atoms with E-state index >= 15 is 0 Å². The number of hydrogen-bond acceptors (Lipinski definition) is 7. The van der Waals surface area contributed by atoms with Gasteiger partial charge in [-0.3, -0.25) is 14.5 Å². The van der Waals surface area contributed by atoms with E-state index in [0.29, 0.717) is 17.2 Å². The third-order valence-electron chi connectivity index (χ3n) is 3.79. The molecule has 3 N–H and O–H groups in total. The number of benzene rings is 1. The summed E-state index contributed by atoms with van der Waals surface area (Å²) < 4.78 is 10.6. The number of amides is 2. The first-order valence-electron chi connectivity index (χ1n) is 8.09. The highest BCUT2D eigenvalue weighted by atomic mass is 35.5. The predicted octanol–water partition coefficient (Wildman–Crippen LogP) is 1.87. The van der Waals surface area contributed by atoms with E-state index in [0.717, 1.165) is 11.0 Å². The largest absolute Gasteiger partial charge is 0.484 e. The van der Waals surface area contributed by atoms with Crippen LogP contribution in [-0.2, 0) is 16.2 Å². The normalized spacial score (nSPS) is 13.6. The highest BCUT2D eigenvalue weighted by molar-refractivity contribution is 6.32. The summed E-state index contributed by atoms with van der Waals surface area (Å²) in [6.45, 7) is -0.419. The van der Waals surface area contributed by atoms with Crippen molar-refractivity contribution in [3.63, 3.8) is 0 Å². The van der Waals surface area contributed by atoms with Crippen LogP contribution in [0.1, 0.15) is 16.3 Å². The predicted molar refractivity (Wildman–Crippen MR) is 97.0 cm³/mol. The van der Waals surface area contributed by atoms with Crippen LogP contribution in [0.25, 0.3) is 0 Å². The summed E-state index contributed by atoms with van der Waals surface area (Å²) in [5.41, 5.74) is 0.529. The van der Waals surface area contributed by atoms with E-state index in [1.54, 1.807) is 12.1 Å². The molecular formula is C18H15ClN2O7. The van der Waals surface area contributed by atoms with Crippen molar-refractivity contribution in [2.24, 2.45) is 0 Å². The van der Waals surface area contributed by atoms with Crippen molar-refractivity contribution in [2.75, 3.05) is 18.5 Å². The zero-order chi connectivity index (χ0) is 20.3. The third kappa shape index (κ3) is 4.16. The number of aliphatic hydroxyl groups excluding tert-OH is 1. The molecule has 0 bridgehead atoms. The second-order valence-corrected chi connectivity index (χ2v) is 6.11. The lowest BCUT2D eigenvalue weighted by molar-refractivity contribution is -0.137. The van der Waals surface area contributed by atoms with Gasteiger partial charge < -0.3 is 24.7 Å². The van der Waals surface area contributed by atoms with Crippen LogP contribution in [-0.4, -0.2) is 46.0 Å². The maximum absolute atomic E-state index is 12.1. The number of imide groups is 1. The van der Waals surface area contributed by atoms with Crippen LogP contribution >= 0.6 is 11.6 Å². The lowest BCUT2D eigenvalue weighted by atomic mass is 10.3. The smallest absolute Gasteiger partial charge is 0.371 e. The number of ether oxygens (including phenoxy) is 1. The van der Waals surface area contributed by atoms with E-state index in [2.05, 4.69) is 5.32 Å². The average molecular weight is 407 g/mol. The summed E-state index contributed by atoms with van der Waals surface area (Å²) in [4.78, 5) is 35.6. The number of halogens is 1. The summed E-state index contributed by atoms with van der Waals surface area (Å²) in [6, 6.07) is 7.47. The number of hydrogen-bond donors (Lipinski definition) is 3. The fourth-order valence-corrected chi connectivity index (χ4v) is 2.72.